The number of ether oxygens (including phenoxy) is 1. The Kier molecular flexibility index (Phi) is 8.12. The number of nitrogens with two attached hydrogens (primary N) is 1. The van der Waals surface area contributed by atoms with Crippen LogP contribution in [0.25, 0.3) is 11.3 Å². The first kappa shape index (κ1) is 22.9. The van der Waals surface area contributed by atoms with E-state index in [0.29, 0.717) is 31.8 Å². The molecule has 1 fully saturated rings. The second-order valence-electron chi connectivity index (χ2n) is 7.70. The van der Waals surface area contributed by atoms with Gasteiger partial charge in [0.1, 0.15) is 11.6 Å². The molecule has 1 aliphatic rings. The molecule has 2 amide bonds. The van der Waals surface area contributed by atoms with Crippen LogP contribution in [0.1, 0.15) is 30.3 Å². The molecule has 0 saturated carbocycles. The van der Waals surface area contributed by atoms with Crippen LogP contribution in [0.5, 0.6) is 0 Å². The number of nitrogens with zero attached hydrogens (tertiary/aromatic N) is 3. The second-order valence-corrected chi connectivity index (χ2v) is 8.65. The fraction of sp³-hybridized carbons (Fsp3) is 0.455. The van der Waals surface area contributed by atoms with Crippen LogP contribution in [0.2, 0.25) is 0 Å². The fourth-order valence-corrected chi connectivity index (χ4v) is 4.13. The van der Waals surface area contributed by atoms with E-state index in [1.165, 1.54) is 11.3 Å². The molecule has 31 heavy (non-hydrogen) atoms. The molecule has 2 heterocycles. The third-order valence-corrected chi connectivity index (χ3v) is 5.88. The highest BCUT2D eigenvalue weighted by atomic mass is 32.1. The summed E-state index contributed by atoms with van der Waals surface area (Å²) in [5, 5.41) is 14.6. The van der Waals surface area contributed by atoms with E-state index in [1.54, 1.807) is 17.0 Å². The van der Waals surface area contributed by atoms with Crippen molar-refractivity contribution in [3.05, 3.63) is 40.2 Å². The molecule has 164 valence electrons. The molecule has 3 N–H and O–H groups in total. The van der Waals surface area contributed by atoms with Gasteiger partial charge in [-0.25, -0.2) is 4.98 Å². The molecule has 1 aromatic heterocycles. The topological polar surface area (TPSA) is 121 Å². The predicted octanol–water partition coefficient (Wildman–Crippen LogP) is 1.90. The number of benzene rings is 1. The van der Waals surface area contributed by atoms with Gasteiger partial charge in [0, 0.05) is 30.1 Å². The van der Waals surface area contributed by atoms with E-state index in [0.717, 1.165) is 29.1 Å². The second kappa shape index (κ2) is 11.0. The molecule has 0 radical (unpaired) electrons. The molecule has 0 unspecified atom stereocenters. The average molecular weight is 442 g/mol. The van der Waals surface area contributed by atoms with Gasteiger partial charge in [0.05, 0.1) is 36.4 Å². The summed E-state index contributed by atoms with van der Waals surface area (Å²) >= 11 is 1.48. The Balaban J connectivity index is 1.48. The molecule has 1 saturated heterocycles. The molecular formula is C22H27N5O3S. The number of aromatic nitrogens is 1. The van der Waals surface area contributed by atoms with E-state index in [9.17, 15) is 9.59 Å². The summed E-state index contributed by atoms with van der Waals surface area (Å²) in [6.07, 6.45) is 1.54. The lowest BCUT2D eigenvalue weighted by Gasteiger charge is -2.32. The monoisotopic (exact) mass is 441 g/mol. The molecule has 9 heteroatoms. The van der Waals surface area contributed by atoms with Crippen LogP contribution in [0, 0.1) is 17.2 Å². The number of hydrogen-bond donors (Lipinski definition) is 2. The maximum atomic E-state index is 12.6. The summed E-state index contributed by atoms with van der Waals surface area (Å²) in [5.74, 6) is -0.404. The third-order valence-electron chi connectivity index (χ3n) is 5.03. The zero-order valence-electron chi connectivity index (χ0n) is 17.5. The van der Waals surface area contributed by atoms with Crippen LogP contribution in [-0.2, 0) is 20.9 Å². The Hall–Kier alpha value is -2.80. The fourth-order valence-electron chi connectivity index (χ4n) is 3.39. The number of piperidine rings is 1. The zero-order chi connectivity index (χ0) is 22.2. The van der Waals surface area contributed by atoms with Gasteiger partial charge in [-0.3, -0.25) is 9.59 Å². The Morgan fingerprint density at radius 2 is 2.19 bits per heavy atom. The van der Waals surface area contributed by atoms with Gasteiger partial charge >= 0.3 is 0 Å². The normalized spacial score (nSPS) is 17.1. The largest absolute Gasteiger partial charge is 0.370 e. The van der Waals surface area contributed by atoms with Gasteiger partial charge in [-0.05, 0) is 31.9 Å². The van der Waals surface area contributed by atoms with E-state index in [2.05, 4.69) is 16.4 Å². The molecule has 0 spiro atoms. The predicted molar refractivity (Wildman–Crippen MR) is 118 cm³/mol. The highest BCUT2D eigenvalue weighted by molar-refractivity contribution is 7.09. The number of nitriles is 1. The van der Waals surface area contributed by atoms with Gasteiger partial charge in [0.2, 0.25) is 11.8 Å². The van der Waals surface area contributed by atoms with Crippen molar-refractivity contribution < 1.29 is 14.3 Å². The maximum Gasteiger partial charge on any atom is 0.248 e. The zero-order valence-corrected chi connectivity index (χ0v) is 18.4. The molecule has 0 bridgehead atoms. The van der Waals surface area contributed by atoms with Crippen LogP contribution >= 0.6 is 11.3 Å². The van der Waals surface area contributed by atoms with Crippen LogP contribution in [-0.4, -0.2) is 54.0 Å². The van der Waals surface area contributed by atoms with Crippen molar-refractivity contribution in [2.75, 3.05) is 26.3 Å². The van der Waals surface area contributed by atoms with Crippen LogP contribution in [0.4, 0.5) is 0 Å². The minimum atomic E-state index is -0.232. The van der Waals surface area contributed by atoms with Crippen molar-refractivity contribution in [1.29, 1.82) is 5.26 Å². The van der Waals surface area contributed by atoms with Gasteiger partial charge < -0.3 is 20.7 Å². The number of likely N-dealkylation sites (tertiary alicyclic amines) is 1. The number of carbonyl (C=O) groups excluding carboxylic acids is 2. The van der Waals surface area contributed by atoms with Crippen molar-refractivity contribution >= 4 is 23.2 Å². The summed E-state index contributed by atoms with van der Waals surface area (Å²) in [6, 6.07) is 9.22. The molecule has 1 aliphatic heterocycles. The first-order chi connectivity index (χ1) is 15.0. The molecule has 3 rings (SSSR count). The van der Waals surface area contributed by atoms with Crippen molar-refractivity contribution in [2.45, 2.75) is 32.4 Å². The van der Waals surface area contributed by atoms with Crippen LogP contribution in [0.3, 0.4) is 0 Å². The number of carbonyl (C=O) groups is 2. The lowest BCUT2D eigenvalue weighted by Crippen LogP contribution is -2.46. The molecule has 8 nitrogen and oxygen atoms in total. The van der Waals surface area contributed by atoms with Crippen molar-refractivity contribution in [3.8, 4) is 17.3 Å². The molecule has 1 aromatic carbocycles. The quantitative estimate of drug-likeness (QED) is 0.645. The van der Waals surface area contributed by atoms with Gasteiger partial charge in [-0.2, -0.15) is 5.26 Å². The molecule has 0 aliphatic carbocycles. The molecular weight excluding hydrogens is 414 g/mol. The Bertz CT molecular complexity index is 935. The minimum Gasteiger partial charge on any atom is -0.370 e. The Morgan fingerprint density at radius 1 is 1.42 bits per heavy atom. The van der Waals surface area contributed by atoms with E-state index in [1.807, 2.05) is 24.4 Å². The molecule has 2 atom stereocenters. The van der Waals surface area contributed by atoms with Gasteiger partial charge in [0.15, 0.2) is 0 Å². The number of amides is 2. The number of hydrogen-bond acceptors (Lipinski definition) is 7. The highest BCUT2D eigenvalue weighted by Gasteiger charge is 2.28. The van der Waals surface area contributed by atoms with Crippen molar-refractivity contribution in [1.82, 2.24) is 15.2 Å². The summed E-state index contributed by atoms with van der Waals surface area (Å²) in [7, 11) is 0. The summed E-state index contributed by atoms with van der Waals surface area (Å²) in [5.41, 5.74) is 7.98. The van der Waals surface area contributed by atoms with Gasteiger partial charge in [-0.15, -0.1) is 11.3 Å². The Morgan fingerprint density at radius 3 is 2.90 bits per heavy atom. The van der Waals surface area contributed by atoms with Crippen LogP contribution in [0.15, 0.2) is 29.6 Å². The van der Waals surface area contributed by atoms with Gasteiger partial charge in [0.25, 0.3) is 0 Å². The van der Waals surface area contributed by atoms with E-state index >= 15 is 0 Å². The standard InChI is InChI=1S/C22H27N5O3S/c1-15(24)12-30-13-21(28)27-8-2-3-18(11-27)22(29)25-10-20-26-19(14-31-20)17-6-4-16(9-23)5-7-17/h4-7,14-15,18H,2-3,8,10-13,24H2,1H3,(H,25,29)/t15-,18+/m1/s1. The lowest BCUT2D eigenvalue weighted by molar-refractivity contribution is -0.139. The first-order valence-electron chi connectivity index (χ1n) is 10.3. The molecule has 2 aromatic rings. The van der Waals surface area contributed by atoms with Gasteiger partial charge in [-0.1, -0.05) is 12.1 Å². The maximum absolute atomic E-state index is 12.6. The number of nitrogens with one attached hydrogen (secondary N) is 1. The third kappa shape index (κ3) is 6.59. The minimum absolute atomic E-state index is 0.00683. The van der Waals surface area contributed by atoms with E-state index < -0.39 is 0 Å². The SMILES string of the molecule is C[C@@H](N)COCC(=O)N1CCC[C@H](C(=O)NCc2nc(-c3ccc(C#N)cc3)cs2)C1. The van der Waals surface area contributed by atoms with Crippen molar-refractivity contribution in [3.63, 3.8) is 0 Å². The van der Waals surface area contributed by atoms with Crippen molar-refractivity contribution in [2.24, 2.45) is 11.7 Å². The lowest BCUT2D eigenvalue weighted by atomic mass is 9.97. The smallest absolute Gasteiger partial charge is 0.248 e. The highest BCUT2D eigenvalue weighted by Crippen LogP contribution is 2.23. The number of rotatable bonds is 8. The summed E-state index contributed by atoms with van der Waals surface area (Å²) in [4.78, 5) is 31.2. The number of thiazole rings is 1. The van der Waals surface area contributed by atoms with E-state index in [-0.39, 0.29) is 30.4 Å². The van der Waals surface area contributed by atoms with Crippen LogP contribution < -0.4 is 11.1 Å². The Labute approximate surface area is 186 Å². The first-order valence-corrected chi connectivity index (χ1v) is 11.2. The summed E-state index contributed by atoms with van der Waals surface area (Å²) in [6.45, 7) is 3.54. The average Bonchev–Trinajstić information content (AvgIpc) is 3.26. The van der Waals surface area contributed by atoms with E-state index in [4.69, 9.17) is 15.7 Å². The summed E-state index contributed by atoms with van der Waals surface area (Å²) < 4.78 is 5.32.